The quantitative estimate of drug-likeness (QED) is 0.185. The van der Waals surface area contributed by atoms with Crippen molar-refractivity contribution in [1.29, 1.82) is 0 Å². The lowest BCUT2D eigenvalue weighted by atomic mass is 10.0. The second kappa shape index (κ2) is 15.5. The number of nitrogens with zero attached hydrogens (tertiary/aromatic N) is 1. The fourth-order valence-electron chi connectivity index (χ4n) is 2.94. The van der Waals surface area contributed by atoms with Gasteiger partial charge in [0.2, 0.25) is 0 Å². The molecule has 2 rings (SSSR count). The van der Waals surface area contributed by atoms with E-state index in [1.807, 2.05) is 6.92 Å². The summed E-state index contributed by atoms with van der Waals surface area (Å²) in [5.41, 5.74) is -0.689. The number of nitrogens with one attached hydrogen (secondary N) is 2. The maximum atomic E-state index is 12.6. The zero-order valence-corrected chi connectivity index (χ0v) is 20.2. The number of halogens is 4. The minimum atomic E-state index is -4.34. The lowest BCUT2D eigenvalue weighted by Gasteiger charge is -2.21. The summed E-state index contributed by atoms with van der Waals surface area (Å²) in [6, 6.07) is 4.67. The summed E-state index contributed by atoms with van der Waals surface area (Å²) in [5.74, 6) is 1.68. The molecule has 1 fully saturated rings. The van der Waals surface area contributed by atoms with Gasteiger partial charge in [-0.25, -0.2) is 0 Å². The van der Waals surface area contributed by atoms with Crippen molar-refractivity contribution in [2.45, 2.75) is 32.4 Å². The van der Waals surface area contributed by atoms with Crippen LogP contribution in [-0.4, -0.2) is 58.6 Å². The third kappa shape index (κ3) is 11.8. The minimum Gasteiger partial charge on any atom is -0.492 e. The Morgan fingerprint density at radius 1 is 1.13 bits per heavy atom. The van der Waals surface area contributed by atoms with Gasteiger partial charge in [-0.2, -0.15) is 13.2 Å². The van der Waals surface area contributed by atoms with Crippen LogP contribution >= 0.6 is 24.0 Å². The van der Waals surface area contributed by atoms with Crippen molar-refractivity contribution in [1.82, 2.24) is 10.6 Å². The molecular weight excluding hydrogens is 526 g/mol. The molecule has 31 heavy (non-hydrogen) atoms. The van der Waals surface area contributed by atoms with Crippen LogP contribution in [0.4, 0.5) is 13.2 Å². The van der Waals surface area contributed by atoms with Crippen LogP contribution < -0.4 is 15.4 Å². The van der Waals surface area contributed by atoms with Crippen LogP contribution in [0.15, 0.2) is 29.3 Å². The molecule has 1 aliphatic heterocycles. The van der Waals surface area contributed by atoms with Crippen molar-refractivity contribution in [3.63, 3.8) is 0 Å². The maximum absolute atomic E-state index is 12.6. The summed E-state index contributed by atoms with van der Waals surface area (Å²) in [5, 5.41) is 6.30. The van der Waals surface area contributed by atoms with Gasteiger partial charge in [-0.05, 0) is 56.4 Å². The molecule has 6 nitrogen and oxygen atoms in total. The van der Waals surface area contributed by atoms with Crippen LogP contribution in [0.2, 0.25) is 0 Å². The highest BCUT2D eigenvalue weighted by molar-refractivity contribution is 14.0. The molecule has 2 N–H and O–H groups in total. The molecule has 0 amide bonds. The molecule has 0 aliphatic carbocycles. The molecule has 1 saturated heterocycles. The van der Waals surface area contributed by atoms with E-state index >= 15 is 0 Å². The van der Waals surface area contributed by atoms with Crippen molar-refractivity contribution in [3.8, 4) is 5.75 Å². The number of hydrogen-bond acceptors (Lipinski definition) is 4. The van der Waals surface area contributed by atoms with Crippen LogP contribution in [0.5, 0.6) is 5.75 Å². The predicted molar refractivity (Wildman–Crippen MR) is 125 cm³/mol. The van der Waals surface area contributed by atoms with Crippen LogP contribution in [0.25, 0.3) is 0 Å². The average Bonchev–Trinajstić information content (AvgIpc) is 2.74. The number of benzene rings is 1. The first-order valence-corrected chi connectivity index (χ1v) is 10.5. The average molecular weight is 559 g/mol. The third-order valence-corrected chi connectivity index (χ3v) is 4.60. The highest BCUT2D eigenvalue weighted by atomic mass is 127. The van der Waals surface area contributed by atoms with Gasteiger partial charge in [0.25, 0.3) is 0 Å². The Hall–Kier alpha value is -1.27. The summed E-state index contributed by atoms with van der Waals surface area (Å²) < 4.78 is 54.2. The molecular formula is C21H33F3IN3O3. The highest BCUT2D eigenvalue weighted by Gasteiger charge is 2.30. The Kier molecular flexibility index (Phi) is 13.9. The van der Waals surface area contributed by atoms with Crippen molar-refractivity contribution >= 4 is 29.9 Å². The molecule has 10 heteroatoms. The Morgan fingerprint density at radius 3 is 2.48 bits per heavy atom. The predicted octanol–water partition coefficient (Wildman–Crippen LogP) is 4.09. The van der Waals surface area contributed by atoms with E-state index in [1.54, 1.807) is 0 Å². The number of guanidine groups is 1. The van der Waals surface area contributed by atoms with Gasteiger partial charge in [0.05, 0.1) is 12.1 Å². The summed E-state index contributed by atoms with van der Waals surface area (Å²) in [6.45, 7) is 7.26. The Labute approximate surface area is 199 Å². The number of hydrogen-bond donors (Lipinski definition) is 2. The number of rotatable bonds is 11. The molecule has 0 saturated carbocycles. The van der Waals surface area contributed by atoms with Crippen LogP contribution in [0.3, 0.4) is 0 Å². The SMILES string of the molecule is CCNC(=NCCCOCC1CCOCC1)NCCOc1ccc(C(F)(F)F)cc1.I. The van der Waals surface area contributed by atoms with E-state index in [0.717, 1.165) is 57.8 Å². The standard InChI is InChI=1S/C21H32F3N3O3.HI/c1-2-25-20(26-10-3-12-29-16-17-8-13-28-14-9-17)27-11-15-30-19-6-4-18(5-7-19)21(22,23)24;/h4-7,17H,2-3,8-16H2,1H3,(H2,25,26,27);1H. The Morgan fingerprint density at radius 2 is 1.84 bits per heavy atom. The molecule has 1 aromatic carbocycles. The Bertz CT molecular complexity index is 625. The first-order valence-electron chi connectivity index (χ1n) is 10.5. The van der Waals surface area contributed by atoms with Crippen molar-refractivity contribution in [2.24, 2.45) is 10.9 Å². The fourth-order valence-corrected chi connectivity index (χ4v) is 2.94. The molecule has 1 aliphatic rings. The van der Waals surface area contributed by atoms with E-state index in [-0.39, 0.29) is 24.0 Å². The molecule has 0 unspecified atom stereocenters. The van der Waals surface area contributed by atoms with E-state index in [9.17, 15) is 13.2 Å². The lowest BCUT2D eigenvalue weighted by molar-refractivity contribution is -0.137. The molecule has 1 heterocycles. The monoisotopic (exact) mass is 559 g/mol. The number of ether oxygens (including phenoxy) is 3. The van der Waals surface area contributed by atoms with E-state index in [1.165, 1.54) is 12.1 Å². The molecule has 178 valence electrons. The zero-order chi connectivity index (χ0) is 21.7. The van der Waals surface area contributed by atoms with Gasteiger partial charge in [0.1, 0.15) is 12.4 Å². The summed E-state index contributed by atoms with van der Waals surface area (Å²) in [4.78, 5) is 4.49. The molecule has 1 aromatic rings. The van der Waals surface area contributed by atoms with Gasteiger partial charge >= 0.3 is 6.18 Å². The lowest BCUT2D eigenvalue weighted by Crippen LogP contribution is -2.39. The maximum Gasteiger partial charge on any atom is 0.416 e. The fraction of sp³-hybridized carbons (Fsp3) is 0.667. The zero-order valence-electron chi connectivity index (χ0n) is 17.9. The first-order chi connectivity index (χ1) is 14.5. The second-order valence-corrected chi connectivity index (χ2v) is 7.04. The van der Waals surface area contributed by atoms with Crippen LogP contribution in [0, 0.1) is 5.92 Å². The normalized spacial score (nSPS) is 15.3. The van der Waals surface area contributed by atoms with Gasteiger partial charge in [-0.1, -0.05) is 0 Å². The smallest absolute Gasteiger partial charge is 0.416 e. The van der Waals surface area contributed by atoms with Gasteiger partial charge < -0.3 is 24.8 Å². The largest absolute Gasteiger partial charge is 0.492 e. The second-order valence-electron chi connectivity index (χ2n) is 7.04. The minimum absolute atomic E-state index is 0. The third-order valence-electron chi connectivity index (χ3n) is 4.60. The van der Waals surface area contributed by atoms with Crippen molar-refractivity contribution in [3.05, 3.63) is 29.8 Å². The van der Waals surface area contributed by atoms with Gasteiger partial charge in [-0.3, -0.25) is 4.99 Å². The summed E-state index contributed by atoms with van der Waals surface area (Å²) in [7, 11) is 0. The van der Waals surface area contributed by atoms with Crippen molar-refractivity contribution in [2.75, 3.05) is 52.7 Å². The first kappa shape index (κ1) is 27.8. The van der Waals surface area contributed by atoms with Crippen molar-refractivity contribution < 1.29 is 27.4 Å². The van der Waals surface area contributed by atoms with Gasteiger partial charge in [-0.15, -0.1) is 24.0 Å². The highest BCUT2D eigenvalue weighted by Crippen LogP contribution is 2.30. The molecule has 0 atom stereocenters. The van der Waals surface area contributed by atoms with Gasteiger partial charge in [0.15, 0.2) is 5.96 Å². The molecule has 0 spiro atoms. The summed E-state index contributed by atoms with van der Waals surface area (Å²) >= 11 is 0. The molecule has 0 aromatic heterocycles. The van der Waals surface area contributed by atoms with E-state index in [4.69, 9.17) is 14.2 Å². The molecule has 0 bridgehead atoms. The van der Waals surface area contributed by atoms with Crippen LogP contribution in [0.1, 0.15) is 31.7 Å². The van der Waals surface area contributed by atoms with E-state index in [0.29, 0.717) is 43.9 Å². The van der Waals surface area contributed by atoms with Gasteiger partial charge in [0, 0.05) is 39.5 Å². The molecule has 0 radical (unpaired) electrons. The Balaban J connectivity index is 0.00000480. The summed E-state index contributed by atoms with van der Waals surface area (Å²) in [6.07, 6.45) is -1.36. The topological polar surface area (TPSA) is 64.1 Å². The van der Waals surface area contributed by atoms with E-state index in [2.05, 4.69) is 15.6 Å². The number of aliphatic imine (C=N–C) groups is 1. The van der Waals surface area contributed by atoms with E-state index < -0.39 is 11.7 Å². The number of alkyl halides is 3. The van der Waals surface area contributed by atoms with Crippen LogP contribution in [-0.2, 0) is 15.7 Å².